The first-order valence-corrected chi connectivity index (χ1v) is 5.69. The highest BCUT2D eigenvalue weighted by atomic mass is 16.3. The molecule has 0 bridgehead atoms. The van der Waals surface area contributed by atoms with Gasteiger partial charge in [0.1, 0.15) is 0 Å². The largest absolute Gasteiger partial charge is 0.504 e. The monoisotopic (exact) mass is 241 g/mol. The van der Waals surface area contributed by atoms with Crippen LogP contribution in [-0.4, -0.2) is 16.4 Å². The van der Waals surface area contributed by atoms with Crippen molar-refractivity contribution in [2.75, 3.05) is 0 Å². The number of phenolic OH excluding ortho intramolecular Hbond substituents is 2. The predicted octanol–water partition coefficient (Wildman–Crippen LogP) is 3.47. The van der Waals surface area contributed by atoms with E-state index in [1.54, 1.807) is 12.3 Å². The minimum atomic E-state index is -0.140. The van der Waals surface area contributed by atoms with Gasteiger partial charge in [0.05, 0.1) is 5.69 Å². The molecule has 0 saturated heterocycles. The van der Waals surface area contributed by atoms with Crippen molar-refractivity contribution in [1.82, 2.24) is 0 Å². The first-order valence-electron chi connectivity index (χ1n) is 5.69. The zero-order valence-corrected chi connectivity index (χ0v) is 10.4. The highest BCUT2D eigenvalue weighted by Crippen LogP contribution is 2.24. The standard InChI is InChI=1S/C15H15NO2/c1-10-3-5-13(7-11(10)2)16-9-12-4-6-14(17)15(18)8-12/h3-9,17-18H,1-2H3. The Labute approximate surface area is 106 Å². The molecule has 0 aromatic heterocycles. The first-order chi connectivity index (χ1) is 8.56. The van der Waals surface area contributed by atoms with Crippen molar-refractivity contribution in [2.24, 2.45) is 4.99 Å². The smallest absolute Gasteiger partial charge is 0.158 e. The van der Waals surface area contributed by atoms with Gasteiger partial charge in [-0.1, -0.05) is 6.07 Å². The third-order valence-corrected chi connectivity index (χ3v) is 2.85. The van der Waals surface area contributed by atoms with Crippen LogP contribution in [0.3, 0.4) is 0 Å². The summed E-state index contributed by atoms with van der Waals surface area (Å²) in [7, 11) is 0. The second kappa shape index (κ2) is 4.92. The molecule has 0 atom stereocenters. The third-order valence-electron chi connectivity index (χ3n) is 2.85. The molecule has 0 unspecified atom stereocenters. The molecule has 0 amide bonds. The van der Waals surface area contributed by atoms with Gasteiger partial charge in [-0.2, -0.15) is 0 Å². The molecular formula is C15H15NO2. The van der Waals surface area contributed by atoms with E-state index < -0.39 is 0 Å². The molecule has 0 heterocycles. The van der Waals surface area contributed by atoms with Crippen molar-refractivity contribution in [3.63, 3.8) is 0 Å². The Balaban J connectivity index is 2.24. The molecule has 92 valence electrons. The maximum absolute atomic E-state index is 9.37. The Morgan fingerprint density at radius 3 is 2.33 bits per heavy atom. The Morgan fingerprint density at radius 2 is 1.67 bits per heavy atom. The average Bonchev–Trinajstić information content (AvgIpc) is 2.35. The lowest BCUT2D eigenvalue weighted by atomic mass is 10.1. The SMILES string of the molecule is Cc1ccc(N=Cc2ccc(O)c(O)c2)cc1C. The average molecular weight is 241 g/mol. The molecule has 0 aliphatic heterocycles. The molecule has 2 aromatic carbocycles. The number of aliphatic imine (C=N–C) groups is 1. The molecular weight excluding hydrogens is 226 g/mol. The highest BCUT2D eigenvalue weighted by Gasteiger charge is 1.98. The predicted molar refractivity (Wildman–Crippen MR) is 72.9 cm³/mol. The summed E-state index contributed by atoms with van der Waals surface area (Å²) in [5.41, 5.74) is 4.03. The van der Waals surface area contributed by atoms with Gasteiger partial charge in [0, 0.05) is 6.21 Å². The third kappa shape index (κ3) is 2.69. The Morgan fingerprint density at radius 1 is 0.889 bits per heavy atom. The minimum absolute atomic E-state index is 0.127. The fourth-order valence-electron chi connectivity index (χ4n) is 1.58. The van der Waals surface area contributed by atoms with E-state index in [9.17, 15) is 10.2 Å². The lowest BCUT2D eigenvalue weighted by Crippen LogP contribution is -1.82. The second-order valence-electron chi connectivity index (χ2n) is 4.27. The van der Waals surface area contributed by atoms with Crippen molar-refractivity contribution < 1.29 is 10.2 Å². The molecule has 2 aromatic rings. The van der Waals surface area contributed by atoms with Crippen molar-refractivity contribution >= 4 is 11.9 Å². The zero-order chi connectivity index (χ0) is 13.1. The van der Waals surface area contributed by atoms with E-state index in [0.29, 0.717) is 0 Å². The molecule has 0 fully saturated rings. The van der Waals surface area contributed by atoms with Crippen molar-refractivity contribution in [1.29, 1.82) is 0 Å². The van der Waals surface area contributed by atoms with Crippen LogP contribution in [-0.2, 0) is 0 Å². The molecule has 0 radical (unpaired) electrons. The van der Waals surface area contributed by atoms with Crippen LogP contribution < -0.4 is 0 Å². The van der Waals surface area contributed by atoms with Gasteiger partial charge >= 0.3 is 0 Å². The van der Waals surface area contributed by atoms with Crippen LogP contribution in [0.1, 0.15) is 16.7 Å². The van der Waals surface area contributed by atoms with Crippen LogP contribution in [0.25, 0.3) is 0 Å². The lowest BCUT2D eigenvalue weighted by Gasteiger charge is -2.01. The number of nitrogens with zero attached hydrogens (tertiary/aromatic N) is 1. The number of hydrogen-bond donors (Lipinski definition) is 2. The van der Waals surface area contributed by atoms with Crippen LogP contribution in [0.5, 0.6) is 11.5 Å². The van der Waals surface area contributed by atoms with E-state index in [1.807, 2.05) is 25.1 Å². The molecule has 2 N–H and O–H groups in total. The Hall–Kier alpha value is -2.29. The summed E-state index contributed by atoms with van der Waals surface area (Å²) in [6.07, 6.45) is 1.66. The summed E-state index contributed by atoms with van der Waals surface area (Å²) < 4.78 is 0. The number of benzene rings is 2. The Kier molecular flexibility index (Phi) is 3.33. The van der Waals surface area contributed by atoms with Crippen LogP contribution in [0.2, 0.25) is 0 Å². The van der Waals surface area contributed by atoms with Gasteiger partial charge in [0.2, 0.25) is 0 Å². The van der Waals surface area contributed by atoms with Gasteiger partial charge in [0.25, 0.3) is 0 Å². The van der Waals surface area contributed by atoms with Crippen molar-refractivity contribution in [3.05, 3.63) is 53.1 Å². The summed E-state index contributed by atoms with van der Waals surface area (Å²) >= 11 is 0. The van der Waals surface area contributed by atoms with Gasteiger partial charge < -0.3 is 10.2 Å². The quantitative estimate of drug-likeness (QED) is 0.625. The number of aromatic hydroxyl groups is 2. The normalized spacial score (nSPS) is 11.0. The van der Waals surface area contributed by atoms with E-state index in [1.165, 1.54) is 23.3 Å². The van der Waals surface area contributed by atoms with Gasteiger partial charge in [-0.3, -0.25) is 4.99 Å². The van der Waals surface area contributed by atoms with Gasteiger partial charge in [-0.05, 0) is 60.9 Å². The van der Waals surface area contributed by atoms with E-state index in [0.717, 1.165) is 11.3 Å². The fraction of sp³-hybridized carbons (Fsp3) is 0.133. The summed E-state index contributed by atoms with van der Waals surface area (Å²) in [5.74, 6) is -0.266. The fourth-order valence-corrected chi connectivity index (χ4v) is 1.58. The van der Waals surface area contributed by atoms with Gasteiger partial charge in [-0.25, -0.2) is 0 Å². The van der Waals surface area contributed by atoms with Crippen molar-refractivity contribution in [2.45, 2.75) is 13.8 Å². The van der Waals surface area contributed by atoms with Crippen LogP contribution in [0.4, 0.5) is 5.69 Å². The zero-order valence-electron chi connectivity index (χ0n) is 10.4. The Bertz CT molecular complexity index is 550. The molecule has 0 saturated carbocycles. The number of hydrogen-bond acceptors (Lipinski definition) is 3. The number of aryl methyl sites for hydroxylation is 2. The summed E-state index contributed by atoms with van der Waals surface area (Å²) in [6.45, 7) is 4.10. The highest BCUT2D eigenvalue weighted by molar-refractivity contribution is 5.83. The van der Waals surface area contributed by atoms with Crippen molar-refractivity contribution in [3.8, 4) is 11.5 Å². The molecule has 0 spiro atoms. The topological polar surface area (TPSA) is 52.8 Å². The molecule has 3 nitrogen and oxygen atoms in total. The molecule has 0 aliphatic rings. The summed E-state index contributed by atoms with van der Waals surface area (Å²) in [4.78, 5) is 4.33. The van der Waals surface area contributed by atoms with Crippen LogP contribution in [0, 0.1) is 13.8 Å². The van der Waals surface area contributed by atoms with E-state index in [4.69, 9.17) is 0 Å². The van der Waals surface area contributed by atoms with Gasteiger partial charge in [-0.15, -0.1) is 0 Å². The minimum Gasteiger partial charge on any atom is -0.504 e. The first kappa shape index (κ1) is 12.2. The number of phenols is 2. The maximum Gasteiger partial charge on any atom is 0.158 e. The van der Waals surface area contributed by atoms with Crippen LogP contribution in [0.15, 0.2) is 41.4 Å². The molecule has 18 heavy (non-hydrogen) atoms. The van der Waals surface area contributed by atoms with Crippen LogP contribution >= 0.6 is 0 Å². The summed E-state index contributed by atoms with van der Waals surface area (Å²) in [5, 5.41) is 18.6. The molecule has 0 aliphatic carbocycles. The van der Waals surface area contributed by atoms with E-state index in [-0.39, 0.29) is 11.5 Å². The van der Waals surface area contributed by atoms with Gasteiger partial charge in [0.15, 0.2) is 11.5 Å². The maximum atomic E-state index is 9.37. The number of rotatable bonds is 2. The lowest BCUT2D eigenvalue weighted by molar-refractivity contribution is 0.403. The van der Waals surface area contributed by atoms with E-state index >= 15 is 0 Å². The molecule has 2 rings (SSSR count). The summed E-state index contributed by atoms with van der Waals surface area (Å²) in [6, 6.07) is 10.6. The second-order valence-corrected chi connectivity index (χ2v) is 4.27. The van der Waals surface area contributed by atoms with E-state index in [2.05, 4.69) is 11.9 Å². The molecule has 3 heteroatoms.